The number of rotatable bonds is 2. The van der Waals surface area contributed by atoms with Gasteiger partial charge in [0, 0.05) is 0 Å². The highest BCUT2D eigenvalue weighted by Gasteiger charge is 2.29. The van der Waals surface area contributed by atoms with Crippen LogP contribution in [0.3, 0.4) is 0 Å². The summed E-state index contributed by atoms with van der Waals surface area (Å²) in [7, 11) is 0. The Hall–Kier alpha value is -0.570. The monoisotopic (exact) mass is 157 g/mol. The molecule has 64 valence electrons. The summed E-state index contributed by atoms with van der Waals surface area (Å²) in [5.74, 6) is 0.326. The summed E-state index contributed by atoms with van der Waals surface area (Å²) in [6.07, 6.45) is 1.07. The Morgan fingerprint density at radius 2 is 2.45 bits per heavy atom. The Morgan fingerprint density at radius 1 is 1.73 bits per heavy atom. The lowest BCUT2D eigenvalue weighted by atomic mass is 10.0. The summed E-state index contributed by atoms with van der Waals surface area (Å²) in [4.78, 5) is 11.2. The lowest BCUT2D eigenvalue weighted by Gasteiger charge is -2.12. The summed E-state index contributed by atoms with van der Waals surface area (Å²) in [5.41, 5.74) is 0. The van der Waals surface area contributed by atoms with Crippen molar-refractivity contribution in [1.82, 2.24) is 5.32 Å². The number of hydrogen-bond acceptors (Lipinski definition) is 3. The largest absolute Gasteiger partial charge is 0.465 e. The van der Waals surface area contributed by atoms with E-state index in [1.807, 2.05) is 6.92 Å². The van der Waals surface area contributed by atoms with Gasteiger partial charge in [0.15, 0.2) is 0 Å². The molecular weight excluding hydrogens is 142 g/mol. The van der Waals surface area contributed by atoms with Crippen molar-refractivity contribution in [2.24, 2.45) is 5.92 Å². The molecule has 1 aliphatic rings. The minimum Gasteiger partial charge on any atom is -0.465 e. The first-order valence-corrected chi connectivity index (χ1v) is 4.15. The first kappa shape index (κ1) is 8.53. The molecule has 3 nitrogen and oxygen atoms in total. The van der Waals surface area contributed by atoms with Gasteiger partial charge in [-0.3, -0.25) is 4.79 Å². The van der Waals surface area contributed by atoms with Crippen molar-refractivity contribution in [2.75, 3.05) is 13.2 Å². The van der Waals surface area contributed by atoms with Crippen LogP contribution in [0.1, 0.15) is 20.3 Å². The van der Waals surface area contributed by atoms with Crippen LogP contribution in [0.2, 0.25) is 0 Å². The molecule has 3 heteroatoms. The van der Waals surface area contributed by atoms with Crippen molar-refractivity contribution in [2.45, 2.75) is 26.3 Å². The smallest absolute Gasteiger partial charge is 0.323 e. The third-order valence-electron chi connectivity index (χ3n) is 2.07. The van der Waals surface area contributed by atoms with Crippen LogP contribution >= 0.6 is 0 Å². The van der Waals surface area contributed by atoms with Gasteiger partial charge in [-0.1, -0.05) is 6.92 Å². The molecule has 0 aromatic rings. The molecule has 0 saturated carbocycles. The van der Waals surface area contributed by atoms with Gasteiger partial charge < -0.3 is 10.1 Å². The van der Waals surface area contributed by atoms with Crippen molar-refractivity contribution >= 4 is 5.97 Å². The number of hydrogen-bond donors (Lipinski definition) is 1. The number of esters is 1. The maximum atomic E-state index is 11.2. The third kappa shape index (κ3) is 1.93. The minimum absolute atomic E-state index is 0.0602. The molecule has 1 fully saturated rings. The molecule has 1 rings (SSSR count). The maximum Gasteiger partial charge on any atom is 0.323 e. The van der Waals surface area contributed by atoms with E-state index in [-0.39, 0.29) is 12.0 Å². The fourth-order valence-corrected chi connectivity index (χ4v) is 1.38. The second kappa shape index (κ2) is 3.72. The quantitative estimate of drug-likeness (QED) is 0.595. The Bertz CT molecular complexity index is 147. The van der Waals surface area contributed by atoms with E-state index in [1.54, 1.807) is 0 Å². The SMILES string of the molecule is CCOC(=O)[C@H]1NCCC1C. The molecule has 1 N–H and O–H groups in total. The zero-order valence-electron chi connectivity index (χ0n) is 7.09. The van der Waals surface area contributed by atoms with Crippen molar-refractivity contribution in [3.05, 3.63) is 0 Å². The van der Waals surface area contributed by atoms with Crippen molar-refractivity contribution in [3.8, 4) is 0 Å². The summed E-state index contributed by atoms with van der Waals surface area (Å²) >= 11 is 0. The van der Waals surface area contributed by atoms with Crippen molar-refractivity contribution < 1.29 is 9.53 Å². The summed E-state index contributed by atoms with van der Waals surface area (Å²) in [5, 5.41) is 3.12. The van der Waals surface area contributed by atoms with Gasteiger partial charge in [0.2, 0.25) is 0 Å². The van der Waals surface area contributed by atoms with E-state index < -0.39 is 0 Å². The first-order chi connectivity index (χ1) is 5.25. The van der Waals surface area contributed by atoms with Crippen LogP contribution in [0.4, 0.5) is 0 Å². The molecule has 1 unspecified atom stereocenters. The maximum absolute atomic E-state index is 11.2. The highest BCUT2D eigenvalue weighted by atomic mass is 16.5. The van der Waals surface area contributed by atoms with Crippen molar-refractivity contribution in [3.63, 3.8) is 0 Å². The molecule has 0 bridgehead atoms. The molecule has 0 aromatic heterocycles. The zero-order chi connectivity index (χ0) is 8.27. The number of carbonyl (C=O) groups excluding carboxylic acids is 1. The highest BCUT2D eigenvalue weighted by Crippen LogP contribution is 2.15. The van der Waals surface area contributed by atoms with E-state index in [2.05, 4.69) is 12.2 Å². The number of carbonyl (C=O) groups is 1. The van der Waals surface area contributed by atoms with E-state index >= 15 is 0 Å². The van der Waals surface area contributed by atoms with E-state index in [0.717, 1.165) is 13.0 Å². The molecule has 2 atom stereocenters. The standard InChI is InChI=1S/C8H15NO2/c1-3-11-8(10)7-6(2)4-5-9-7/h6-7,9H,3-5H2,1-2H3/t6?,7-/m0/s1. The molecule has 0 amide bonds. The van der Waals surface area contributed by atoms with Crippen LogP contribution in [0.15, 0.2) is 0 Å². The van der Waals surface area contributed by atoms with Gasteiger partial charge >= 0.3 is 5.97 Å². The van der Waals surface area contributed by atoms with Crippen LogP contribution in [-0.4, -0.2) is 25.2 Å². The predicted octanol–water partition coefficient (Wildman–Crippen LogP) is 0.547. The van der Waals surface area contributed by atoms with E-state index in [9.17, 15) is 4.79 Å². The Labute approximate surface area is 67.1 Å². The van der Waals surface area contributed by atoms with E-state index in [0.29, 0.717) is 12.5 Å². The first-order valence-electron chi connectivity index (χ1n) is 4.15. The molecule has 1 saturated heterocycles. The topological polar surface area (TPSA) is 38.3 Å². The fourth-order valence-electron chi connectivity index (χ4n) is 1.38. The zero-order valence-corrected chi connectivity index (χ0v) is 7.09. The molecule has 0 aliphatic carbocycles. The van der Waals surface area contributed by atoms with Crippen LogP contribution < -0.4 is 5.32 Å². The van der Waals surface area contributed by atoms with Gasteiger partial charge in [-0.25, -0.2) is 0 Å². The Morgan fingerprint density at radius 3 is 2.91 bits per heavy atom. The van der Waals surface area contributed by atoms with Crippen LogP contribution in [0, 0.1) is 5.92 Å². The van der Waals surface area contributed by atoms with Gasteiger partial charge in [0.05, 0.1) is 6.61 Å². The highest BCUT2D eigenvalue weighted by molar-refractivity contribution is 5.76. The molecule has 1 aliphatic heterocycles. The molecular formula is C8H15NO2. The van der Waals surface area contributed by atoms with Gasteiger partial charge in [-0.15, -0.1) is 0 Å². The molecule has 0 radical (unpaired) electrons. The van der Waals surface area contributed by atoms with Crippen LogP contribution in [0.25, 0.3) is 0 Å². The molecule has 0 spiro atoms. The Balaban J connectivity index is 2.39. The Kier molecular flexibility index (Phi) is 2.88. The number of nitrogens with one attached hydrogen (secondary N) is 1. The average Bonchev–Trinajstić information content (AvgIpc) is 2.36. The fraction of sp³-hybridized carbons (Fsp3) is 0.875. The average molecular weight is 157 g/mol. The predicted molar refractivity (Wildman–Crippen MR) is 42.2 cm³/mol. The summed E-state index contributed by atoms with van der Waals surface area (Å²) in [6.45, 7) is 5.31. The van der Waals surface area contributed by atoms with E-state index in [4.69, 9.17) is 4.74 Å². The third-order valence-corrected chi connectivity index (χ3v) is 2.07. The number of ether oxygens (including phenoxy) is 1. The van der Waals surface area contributed by atoms with Gasteiger partial charge in [0.25, 0.3) is 0 Å². The van der Waals surface area contributed by atoms with Gasteiger partial charge in [0.1, 0.15) is 6.04 Å². The second-order valence-corrected chi connectivity index (χ2v) is 2.95. The molecule has 0 aromatic carbocycles. The molecule has 11 heavy (non-hydrogen) atoms. The van der Waals surface area contributed by atoms with Crippen LogP contribution in [-0.2, 0) is 9.53 Å². The summed E-state index contributed by atoms with van der Waals surface area (Å²) < 4.78 is 4.89. The molecule has 1 heterocycles. The second-order valence-electron chi connectivity index (χ2n) is 2.95. The van der Waals surface area contributed by atoms with E-state index in [1.165, 1.54) is 0 Å². The lowest BCUT2D eigenvalue weighted by molar-refractivity contribution is -0.146. The van der Waals surface area contributed by atoms with Gasteiger partial charge in [-0.2, -0.15) is 0 Å². The normalized spacial score (nSPS) is 30.4. The van der Waals surface area contributed by atoms with Crippen LogP contribution in [0.5, 0.6) is 0 Å². The summed E-state index contributed by atoms with van der Waals surface area (Å²) in [6, 6.07) is -0.0602. The minimum atomic E-state index is -0.0995. The lowest BCUT2D eigenvalue weighted by Crippen LogP contribution is -2.36. The van der Waals surface area contributed by atoms with Crippen molar-refractivity contribution in [1.29, 1.82) is 0 Å². The van der Waals surface area contributed by atoms with Gasteiger partial charge in [-0.05, 0) is 25.8 Å².